The highest BCUT2D eigenvalue weighted by molar-refractivity contribution is 5.68. The van der Waals surface area contributed by atoms with E-state index in [-0.39, 0.29) is 12.2 Å². The van der Waals surface area contributed by atoms with Crippen LogP contribution in [-0.4, -0.2) is 52.1 Å². The number of carboxylic acids is 1. The first-order chi connectivity index (χ1) is 10.1. The molecule has 1 aliphatic rings. The first-order valence-electron chi connectivity index (χ1n) is 6.70. The molecule has 2 N–H and O–H groups in total. The molecule has 2 heterocycles. The van der Waals surface area contributed by atoms with Gasteiger partial charge < -0.3 is 15.3 Å². The Labute approximate surface area is 121 Å². The van der Waals surface area contributed by atoms with Crippen molar-refractivity contribution >= 4 is 17.6 Å². The molecule has 114 valence electrons. The van der Waals surface area contributed by atoms with Crippen molar-refractivity contribution in [1.82, 2.24) is 15.3 Å². The van der Waals surface area contributed by atoms with Crippen LogP contribution < -0.4 is 10.2 Å². The van der Waals surface area contributed by atoms with Gasteiger partial charge in [0.05, 0.1) is 11.5 Å². The molecule has 1 aliphatic heterocycles. The summed E-state index contributed by atoms with van der Waals surface area (Å²) in [4.78, 5) is 30.5. The Morgan fingerprint density at radius 1 is 1.52 bits per heavy atom. The van der Waals surface area contributed by atoms with Crippen LogP contribution in [-0.2, 0) is 4.79 Å². The van der Waals surface area contributed by atoms with Crippen LogP contribution in [0.3, 0.4) is 0 Å². The number of piperidine rings is 1. The van der Waals surface area contributed by atoms with Crippen LogP contribution in [0.1, 0.15) is 12.8 Å². The Bertz CT molecular complexity index is 507. The summed E-state index contributed by atoms with van der Waals surface area (Å²) < 4.78 is 0. The number of hydrogen-bond donors (Lipinski definition) is 2. The summed E-state index contributed by atoms with van der Waals surface area (Å²) in [5.41, 5.74) is -0.129. The minimum Gasteiger partial charge on any atom is -0.480 e. The zero-order valence-corrected chi connectivity index (χ0v) is 11.4. The number of aliphatic carboxylic acids is 1. The molecular formula is C12H17N5O4. The van der Waals surface area contributed by atoms with Crippen LogP contribution in [0.25, 0.3) is 0 Å². The summed E-state index contributed by atoms with van der Waals surface area (Å²) >= 11 is 0. The van der Waals surface area contributed by atoms with Gasteiger partial charge in [0.15, 0.2) is 0 Å². The predicted molar refractivity (Wildman–Crippen MR) is 74.1 cm³/mol. The highest BCUT2D eigenvalue weighted by Gasteiger charge is 2.22. The van der Waals surface area contributed by atoms with Crippen LogP contribution in [0.15, 0.2) is 12.4 Å². The Kier molecular flexibility index (Phi) is 4.99. The van der Waals surface area contributed by atoms with Gasteiger partial charge in [-0.25, -0.2) is 9.97 Å². The van der Waals surface area contributed by atoms with Gasteiger partial charge in [0.2, 0.25) is 5.95 Å². The average molecular weight is 295 g/mol. The number of nitrogens with zero attached hydrogens (tertiary/aromatic N) is 4. The predicted octanol–water partition coefficient (Wildman–Crippen LogP) is 0.275. The van der Waals surface area contributed by atoms with Gasteiger partial charge in [0, 0.05) is 19.6 Å². The third-order valence-electron chi connectivity index (χ3n) is 3.35. The van der Waals surface area contributed by atoms with Gasteiger partial charge in [-0.1, -0.05) is 0 Å². The van der Waals surface area contributed by atoms with E-state index in [0.29, 0.717) is 25.0 Å². The highest BCUT2D eigenvalue weighted by Crippen LogP contribution is 2.20. The van der Waals surface area contributed by atoms with E-state index in [4.69, 9.17) is 5.11 Å². The summed E-state index contributed by atoms with van der Waals surface area (Å²) in [6.45, 7) is 2.08. The summed E-state index contributed by atoms with van der Waals surface area (Å²) in [6, 6.07) is 0. The molecule has 0 radical (unpaired) electrons. The standard InChI is InChI=1S/C12H17N5O4/c18-11(19)7-13-4-9-2-1-3-16(8-9)12-14-5-10(6-15-12)17(20)21/h5-6,9,13H,1-4,7-8H2,(H,18,19). The van der Waals surface area contributed by atoms with E-state index in [1.54, 1.807) is 0 Å². The number of nitro groups is 1. The van der Waals surface area contributed by atoms with E-state index in [9.17, 15) is 14.9 Å². The lowest BCUT2D eigenvalue weighted by molar-refractivity contribution is -0.385. The van der Waals surface area contributed by atoms with E-state index in [1.807, 2.05) is 4.90 Å². The van der Waals surface area contributed by atoms with E-state index < -0.39 is 10.9 Å². The summed E-state index contributed by atoms with van der Waals surface area (Å²) in [5, 5.41) is 22.1. The van der Waals surface area contributed by atoms with Crippen molar-refractivity contribution in [1.29, 1.82) is 0 Å². The quantitative estimate of drug-likeness (QED) is 0.566. The molecule has 9 nitrogen and oxygen atoms in total. The molecule has 1 saturated heterocycles. The summed E-state index contributed by atoms with van der Waals surface area (Å²) in [7, 11) is 0. The number of rotatable bonds is 6. The molecule has 1 atom stereocenters. The number of anilines is 1. The van der Waals surface area contributed by atoms with E-state index in [0.717, 1.165) is 19.4 Å². The molecule has 0 amide bonds. The van der Waals surface area contributed by atoms with E-state index in [2.05, 4.69) is 15.3 Å². The molecule has 9 heteroatoms. The number of nitrogens with one attached hydrogen (secondary N) is 1. The zero-order valence-electron chi connectivity index (χ0n) is 11.4. The monoisotopic (exact) mass is 295 g/mol. The van der Waals surface area contributed by atoms with Crippen molar-refractivity contribution in [3.8, 4) is 0 Å². The maximum absolute atomic E-state index is 10.6. The number of carboxylic acid groups (broad SMARTS) is 1. The lowest BCUT2D eigenvalue weighted by atomic mass is 9.98. The van der Waals surface area contributed by atoms with Crippen molar-refractivity contribution in [3.05, 3.63) is 22.5 Å². The molecule has 21 heavy (non-hydrogen) atoms. The van der Waals surface area contributed by atoms with Crippen molar-refractivity contribution in [2.75, 3.05) is 31.1 Å². The van der Waals surface area contributed by atoms with Crippen LogP contribution in [0, 0.1) is 16.0 Å². The summed E-state index contributed by atoms with van der Waals surface area (Å²) in [6.07, 6.45) is 4.37. The molecule has 2 rings (SSSR count). The number of hydrogen-bond acceptors (Lipinski definition) is 7. The van der Waals surface area contributed by atoms with Crippen molar-refractivity contribution in [2.45, 2.75) is 12.8 Å². The van der Waals surface area contributed by atoms with Gasteiger partial charge in [-0.15, -0.1) is 0 Å². The van der Waals surface area contributed by atoms with Crippen molar-refractivity contribution in [3.63, 3.8) is 0 Å². The van der Waals surface area contributed by atoms with Gasteiger partial charge in [0.1, 0.15) is 12.4 Å². The third kappa shape index (κ3) is 4.35. The fourth-order valence-electron chi connectivity index (χ4n) is 2.37. The molecule has 0 aliphatic carbocycles. The largest absolute Gasteiger partial charge is 0.480 e. The van der Waals surface area contributed by atoms with Crippen LogP contribution in [0.5, 0.6) is 0 Å². The minimum atomic E-state index is -0.874. The Balaban J connectivity index is 1.90. The first-order valence-corrected chi connectivity index (χ1v) is 6.70. The van der Waals surface area contributed by atoms with Gasteiger partial charge in [-0.2, -0.15) is 0 Å². The van der Waals surface area contributed by atoms with E-state index in [1.165, 1.54) is 12.4 Å². The zero-order chi connectivity index (χ0) is 15.2. The molecule has 1 aromatic heterocycles. The van der Waals surface area contributed by atoms with Gasteiger partial charge >= 0.3 is 11.7 Å². The van der Waals surface area contributed by atoms with Gasteiger partial charge in [-0.05, 0) is 18.8 Å². The fraction of sp³-hybridized carbons (Fsp3) is 0.583. The maximum Gasteiger partial charge on any atom is 0.317 e. The summed E-state index contributed by atoms with van der Waals surface area (Å²) in [5.74, 6) is -0.0817. The molecule has 1 fully saturated rings. The molecule has 0 spiro atoms. The molecule has 0 aromatic carbocycles. The van der Waals surface area contributed by atoms with Crippen LogP contribution in [0.4, 0.5) is 11.6 Å². The Morgan fingerprint density at radius 2 is 2.24 bits per heavy atom. The minimum absolute atomic E-state index is 0.0511. The smallest absolute Gasteiger partial charge is 0.317 e. The molecule has 0 saturated carbocycles. The highest BCUT2D eigenvalue weighted by atomic mass is 16.6. The van der Waals surface area contributed by atoms with E-state index >= 15 is 0 Å². The first kappa shape index (κ1) is 15.1. The lowest BCUT2D eigenvalue weighted by Gasteiger charge is -2.32. The SMILES string of the molecule is O=C(O)CNCC1CCCN(c2ncc([N+](=O)[O-])cn2)C1. The van der Waals surface area contributed by atoms with Crippen LogP contribution in [0.2, 0.25) is 0 Å². The molecule has 1 aromatic rings. The normalized spacial score (nSPS) is 18.5. The molecular weight excluding hydrogens is 278 g/mol. The van der Waals surface area contributed by atoms with Gasteiger partial charge in [-0.3, -0.25) is 14.9 Å². The molecule has 1 unspecified atom stereocenters. The van der Waals surface area contributed by atoms with Crippen LogP contribution >= 0.6 is 0 Å². The van der Waals surface area contributed by atoms with Gasteiger partial charge in [0.25, 0.3) is 0 Å². The van der Waals surface area contributed by atoms with Crippen molar-refractivity contribution < 1.29 is 14.8 Å². The second-order valence-corrected chi connectivity index (χ2v) is 4.98. The Morgan fingerprint density at radius 3 is 2.86 bits per heavy atom. The Hall–Kier alpha value is -2.29. The average Bonchev–Trinajstić information content (AvgIpc) is 2.47. The second-order valence-electron chi connectivity index (χ2n) is 4.98. The topological polar surface area (TPSA) is 121 Å². The number of aromatic nitrogens is 2. The van der Waals surface area contributed by atoms with Crippen molar-refractivity contribution in [2.24, 2.45) is 5.92 Å². The third-order valence-corrected chi connectivity index (χ3v) is 3.35. The maximum atomic E-state index is 10.6. The fourth-order valence-corrected chi connectivity index (χ4v) is 2.37. The molecule has 0 bridgehead atoms. The lowest BCUT2D eigenvalue weighted by Crippen LogP contribution is -2.41. The second kappa shape index (κ2) is 6.93. The number of carbonyl (C=O) groups is 1.